The molecule has 18 heavy (non-hydrogen) atoms. The van der Waals surface area contributed by atoms with Gasteiger partial charge in [-0.1, -0.05) is 23.7 Å². The molecule has 0 aliphatic heterocycles. The predicted octanol–water partition coefficient (Wildman–Crippen LogP) is 4.10. The van der Waals surface area contributed by atoms with E-state index >= 15 is 0 Å². The Balaban J connectivity index is 1.91. The second-order valence-electron chi connectivity index (χ2n) is 3.86. The molecule has 2 rings (SSSR count). The van der Waals surface area contributed by atoms with Crippen LogP contribution in [0, 0.1) is 0 Å². The van der Waals surface area contributed by atoms with Crippen molar-refractivity contribution in [1.29, 1.82) is 0 Å². The topological polar surface area (TPSA) is 22.1 Å². The summed E-state index contributed by atoms with van der Waals surface area (Å²) in [4.78, 5) is 4.05. The van der Waals surface area contributed by atoms with Crippen molar-refractivity contribution in [3.8, 4) is 5.75 Å². The average molecular weight is 282 g/mol. The molecule has 0 spiro atoms. The average Bonchev–Trinajstić information content (AvgIpc) is 2.42. The van der Waals surface area contributed by atoms with E-state index in [0.717, 1.165) is 17.5 Å². The Morgan fingerprint density at radius 2 is 2.06 bits per heavy atom. The molecule has 0 aliphatic carbocycles. The van der Waals surface area contributed by atoms with Crippen molar-refractivity contribution in [3.05, 3.63) is 58.9 Å². The summed E-state index contributed by atoms with van der Waals surface area (Å²) in [6.07, 6.45) is 4.40. The lowest BCUT2D eigenvalue weighted by Crippen LogP contribution is -2.02. The minimum atomic E-state index is 0.454. The maximum Gasteiger partial charge on any atom is 0.137 e. The number of aromatic nitrogens is 1. The van der Waals surface area contributed by atoms with Crippen molar-refractivity contribution in [2.45, 2.75) is 12.3 Å². The van der Waals surface area contributed by atoms with Crippen LogP contribution in [0.25, 0.3) is 0 Å². The number of rotatable bonds is 5. The molecule has 1 aromatic carbocycles. The van der Waals surface area contributed by atoms with Gasteiger partial charge in [0, 0.05) is 24.7 Å². The molecule has 0 saturated heterocycles. The zero-order valence-electron chi connectivity index (χ0n) is 9.77. The molecule has 0 radical (unpaired) electrons. The van der Waals surface area contributed by atoms with E-state index in [1.807, 2.05) is 36.5 Å². The zero-order chi connectivity index (χ0) is 12.8. The molecular formula is C14H13Cl2NO. The molecule has 0 saturated carbocycles. The zero-order valence-corrected chi connectivity index (χ0v) is 11.3. The first kappa shape index (κ1) is 13.2. The number of ether oxygens (including phenoxy) is 1. The van der Waals surface area contributed by atoms with Crippen LogP contribution in [0.1, 0.15) is 11.1 Å². The van der Waals surface area contributed by atoms with Gasteiger partial charge < -0.3 is 4.74 Å². The van der Waals surface area contributed by atoms with Crippen LogP contribution in [0.2, 0.25) is 5.02 Å². The normalized spacial score (nSPS) is 10.3. The fourth-order valence-electron chi connectivity index (χ4n) is 1.57. The molecule has 94 valence electrons. The lowest BCUT2D eigenvalue weighted by atomic mass is 10.2. The number of pyridine rings is 1. The van der Waals surface area contributed by atoms with Crippen molar-refractivity contribution in [2.24, 2.45) is 0 Å². The molecule has 0 amide bonds. The van der Waals surface area contributed by atoms with Gasteiger partial charge in [0.05, 0.1) is 11.6 Å². The van der Waals surface area contributed by atoms with Crippen LogP contribution in [-0.4, -0.2) is 11.6 Å². The van der Waals surface area contributed by atoms with Crippen LogP contribution in [0.4, 0.5) is 0 Å². The monoisotopic (exact) mass is 281 g/mol. The molecule has 1 heterocycles. The first-order valence-corrected chi connectivity index (χ1v) is 6.57. The first-order chi connectivity index (χ1) is 8.79. The quantitative estimate of drug-likeness (QED) is 0.770. The van der Waals surface area contributed by atoms with Crippen molar-refractivity contribution >= 4 is 23.2 Å². The lowest BCUT2D eigenvalue weighted by Gasteiger charge is -2.08. The number of halogens is 2. The SMILES string of the molecule is ClCc1ccc(OCCc2cccnc2)c(Cl)c1. The number of benzene rings is 1. The molecule has 0 unspecified atom stereocenters. The summed E-state index contributed by atoms with van der Waals surface area (Å²) in [5.74, 6) is 1.14. The Kier molecular flexibility index (Phi) is 4.85. The van der Waals surface area contributed by atoms with Crippen molar-refractivity contribution in [2.75, 3.05) is 6.61 Å². The highest BCUT2D eigenvalue weighted by Gasteiger charge is 2.03. The summed E-state index contributed by atoms with van der Waals surface area (Å²) in [7, 11) is 0. The smallest absolute Gasteiger partial charge is 0.137 e. The molecule has 4 heteroatoms. The number of nitrogens with zero attached hydrogens (tertiary/aromatic N) is 1. The van der Waals surface area contributed by atoms with Gasteiger partial charge in [-0.05, 0) is 29.3 Å². The van der Waals surface area contributed by atoms with Crippen molar-refractivity contribution in [1.82, 2.24) is 4.98 Å². The minimum Gasteiger partial charge on any atom is -0.492 e. The highest BCUT2D eigenvalue weighted by Crippen LogP contribution is 2.26. The molecule has 0 N–H and O–H groups in total. The van der Waals surface area contributed by atoms with E-state index in [4.69, 9.17) is 27.9 Å². The molecular weight excluding hydrogens is 269 g/mol. The van der Waals surface area contributed by atoms with Gasteiger partial charge in [-0.15, -0.1) is 11.6 Å². The van der Waals surface area contributed by atoms with E-state index in [2.05, 4.69) is 4.98 Å². The molecule has 1 aromatic heterocycles. The molecule has 0 atom stereocenters. The fraction of sp³-hybridized carbons (Fsp3) is 0.214. The second-order valence-corrected chi connectivity index (χ2v) is 4.53. The predicted molar refractivity (Wildman–Crippen MR) is 74.4 cm³/mol. The highest BCUT2D eigenvalue weighted by molar-refractivity contribution is 6.32. The summed E-state index contributed by atoms with van der Waals surface area (Å²) >= 11 is 11.8. The van der Waals surface area contributed by atoms with E-state index in [9.17, 15) is 0 Å². The third-order valence-corrected chi connectivity index (χ3v) is 3.13. The lowest BCUT2D eigenvalue weighted by molar-refractivity contribution is 0.322. The minimum absolute atomic E-state index is 0.454. The first-order valence-electron chi connectivity index (χ1n) is 5.65. The third kappa shape index (κ3) is 3.62. The van der Waals surface area contributed by atoms with E-state index in [1.54, 1.807) is 6.20 Å². The van der Waals surface area contributed by atoms with E-state index in [0.29, 0.717) is 23.3 Å². The molecule has 2 aromatic rings. The Morgan fingerprint density at radius 1 is 1.17 bits per heavy atom. The fourth-order valence-corrected chi connectivity index (χ4v) is 1.99. The summed E-state index contributed by atoms with van der Waals surface area (Å²) in [6.45, 7) is 0.575. The largest absolute Gasteiger partial charge is 0.492 e. The van der Waals surface area contributed by atoms with Crippen LogP contribution in [0.5, 0.6) is 5.75 Å². The van der Waals surface area contributed by atoms with E-state index in [-0.39, 0.29) is 0 Å². The van der Waals surface area contributed by atoms with Gasteiger partial charge >= 0.3 is 0 Å². The van der Waals surface area contributed by atoms with Gasteiger partial charge in [-0.2, -0.15) is 0 Å². The van der Waals surface area contributed by atoms with Crippen LogP contribution in [0.15, 0.2) is 42.7 Å². The standard InChI is InChI=1S/C14H13Cl2NO/c15-9-12-3-4-14(13(16)8-12)18-7-5-11-2-1-6-17-10-11/h1-4,6,8,10H,5,7,9H2. The van der Waals surface area contributed by atoms with Gasteiger partial charge in [0.15, 0.2) is 0 Å². The van der Waals surface area contributed by atoms with E-state index < -0.39 is 0 Å². The van der Waals surface area contributed by atoms with Gasteiger partial charge in [0.25, 0.3) is 0 Å². The van der Waals surface area contributed by atoms with Crippen LogP contribution < -0.4 is 4.74 Å². The van der Waals surface area contributed by atoms with Gasteiger partial charge in [0.2, 0.25) is 0 Å². The molecule has 0 aliphatic rings. The Bertz CT molecular complexity index is 502. The molecule has 0 bridgehead atoms. The second kappa shape index (κ2) is 6.62. The summed E-state index contributed by atoms with van der Waals surface area (Å²) in [6, 6.07) is 9.53. The van der Waals surface area contributed by atoms with Gasteiger partial charge in [-0.25, -0.2) is 0 Å². The number of hydrogen-bond donors (Lipinski definition) is 0. The van der Waals surface area contributed by atoms with Crippen molar-refractivity contribution < 1.29 is 4.74 Å². The van der Waals surface area contributed by atoms with Crippen LogP contribution in [-0.2, 0) is 12.3 Å². The van der Waals surface area contributed by atoms with Gasteiger partial charge in [0.1, 0.15) is 5.75 Å². The van der Waals surface area contributed by atoms with Crippen LogP contribution >= 0.6 is 23.2 Å². The molecule has 2 nitrogen and oxygen atoms in total. The van der Waals surface area contributed by atoms with E-state index in [1.165, 1.54) is 0 Å². The highest BCUT2D eigenvalue weighted by atomic mass is 35.5. The molecule has 0 fully saturated rings. The maximum atomic E-state index is 6.09. The number of alkyl halides is 1. The summed E-state index contributed by atoms with van der Waals surface area (Å²) in [5.41, 5.74) is 2.13. The Labute approximate surface area is 117 Å². The van der Waals surface area contributed by atoms with Crippen molar-refractivity contribution in [3.63, 3.8) is 0 Å². The third-order valence-electron chi connectivity index (χ3n) is 2.52. The van der Waals surface area contributed by atoms with Gasteiger partial charge in [-0.3, -0.25) is 4.98 Å². The summed E-state index contributed by atoms with van der Waals surface area (Å²) in [5, 5.41) is 0.597. The maximum absolute atomic E-state index is 6.09. The summed E-state index contributed by atoms with van der Waals surface area (Å²) < 4.78 is 5.64. The number of hydrogen-bond acceptors (Lipinski definition) is 2. The Hall–Kier alpha value is -1.25. The van der Waals surface area contributed by atoms with Crippen LogP contribution in [0.3, 0.4) is 0 Å². The Morgan fingerprint density at radius 3 is 2.72 bits per heavy atom.